The topological polar surface area (TPSA) is 46.6 Å². The standard InChI is InChI=1S/C22H24BrNO3/c1-3-27-21(26)9-5-7-16-14-20(25)24(18-12-10-17(23)11-13-18)22-15(2)6-4-8-19(16)22/h4,6,8,10-13,16H,3,5,7,9,14H2,1-2H3. The van der Waals surface area contributed by atoms with E-state index in [1.54, 1.807) is 0 Å². The van der Waals surface area contributed by atoms with Gasteiger partial charge in [0.2, 0.25) is 5.91 Å². The summed E-state index contributed by atoms with van der Waals surface area (Å²) in [6.45, 7) is 4.26. The molecule has 0 fully saturated rings. The van der Waals surface area contributed by atoms with Crippen LogP contribution in [0.15, 0.2) is 46.9 Å². The third kappa shape index (κ3) is 4.41. The van der Waals surface area contributed by atoms with Crippen molar-refractivity contribution in [1.29, 1.82) is 0 Å². The Morgan fingerprint density at radius 2 is 1.96 bits per heavy atom. The van der Waals surface area contributed by atoms with Crippen LogP contribution in [0.4, 0.5) is 11.4 Å². The highest BCUT2D eigenvalue weighted by atomic mass is 79.9. The lowest BCUT2D eigenvalue weighted by Gasteiger charge is -2.35. The van der Waals surface area contributed by atoms with Crippen molar-refractivity contribution in [2.45, 2.75) is 45.4 Å². The molecular weight excluding hydrogens is 406 g/mol. The Balaban J connectivity index is 1.87. The van der Waals surface area contributed by atoms with E-state index in [0.717, 1.165) is 34.3 Å². The van der Waals surface area contributed by atoms with E-state index in [9.17, 15) is 9.59 Å². The van der Waals surface area contributed by atoms with Gasteiger partial charge in [0.05, 0.1) is 12.3 Å². The molecule has 0 aliphatic carbocycles. The highest BCUT2D eigenvalue weighted by molar-refractivity contribution is 9.10. The van der Waals surface area contributed by atoms with E-state index in [-0.39, 0.29) is 17.8 Å². The van der Waals surface area contributed by atoms with Gasteiger partial charge in [-0.3, -0.25) is 14.5 Å². The molecule has 1 aliphatic heterocycles. The Hall–Kier alpha value is -2.14. The monoisotopic (exact) mass is 429 g/mol. The number of benzene rings is 2. The highest BCUT2D eigenvalue weighted by Gasteiger charge is 2.33. The van der Waals surface area contributed by atoms with Crippen LogP contribution in [0, 0.1) is 6.92 Å². The van der Waals surface area contributed by atoms with Gasteiger partial charge in [-0.25, -0.2) is 0 Å². The van der Waals surface area contributed by atoms with Gasteiger partial charge in [-0.05, 0) is 68.0 Å². The smallest absolute Gasteiger partial charge is 0.305 e. The number of halogens is 1. The second-order valence-corrected chi connectivity index (χ2v) is 7.73. The van der Waals surface area contributed by atoms with E-state index < -0.39 is 0 Å². The summed E-state index contributed by atoms with van der Waals surface area (Å²) in [6.07, 6.45) is 2.38. The van der Waals surface area contributed by atoms with E-state index >= 15 is 0 Å². The first kappa shape index (κ1) is 19.6. The lowest BCUT2D eigenvalue weighted by Crippen LogP contribution is -2.33. The predicted molar refractivity (Wildman–Crippen MR) is 110 cm³/mol. The fraction of sp³-hybridized carbons (Fsp3) is 0.364. The largest absolute Gasteiger partial charge is 0.466 e. The van der Waals surface area contributed by atoms with Crippen LogP contribution in [0.3, 0.4) is 0 Å². The molecule has 0 radical (unpaired) electrons. The molecule has 1 atom stereocenters. The van der Waals surface area contributed by atoms with Crippen LogP contribution < -0.4 is 4.90 Å². The maximum atomic E-state index is 13.0. The fourth-order valence-corrected chi connectivity index (χ4v) is 3.96. The lowest BCUT2D eigenvalue weighted by atomic mass is 9.84. The molecular formula is C22H24BrNO3. The third-order valence-corrected chi connectivity index (χ3v) is 5.46. The van der Waals surface area contributed by atoms with E-state index in [0.29, 0.717) is 19.4 Å². The Labute approximate surface area is 168 Å². The molecule has 1 heterocycles. The van der Waals surface area contributed by atoms with Crippen LogP contribution in [0.2, 0.25) is 0 Å². The number of hydrogen-bond donors (Lipinski definition) is 0. The minimum Gasteiger partial charge on any atom is -0.466 e. The van der Waals surface area contributed by atoms with Gasteiger partial charge in [0, 0.05) is 23.0 Å². The Bertz CT molecular complexity index is 832. The Morgan fingerprint density at radius 3 is 2.67 bits per heavy atom. The number of para-hydroxylation sites is 1. The zero-order chi connectivity index (χ0) is 19.4. The molecule has 0 saturated heterocycles. The molecule has 3 rings (SSSR count). The maximum absolute atomic E-state index is 13.0. The minimum absolute atomic E-state index is 0.0975. The van der Waals surface area contributed by atoms with Gasteiger partial charge in [0.1, 0.15) is 0 Å². The average Bonchev–Trinajstić information content (AvgIpc) is 2.64. The van der Waals surface area contributed by atoms with E-state index in [1.807, 2.05) is 55.1 Å². The number of esters is 1. The summed E-state index contributed by atoms with van der Waals surface area (Å²) in [6, 6.07) is 14.0. The molecule has 2 aromatic rings. The number of aryl methyl sites for hydroxylation is 1. The van der Waals surface area contributed by atoms with Crippen LogP contribution in [0.5, 0.6) is 0 Å². The molecule has 0 aromatic heterocycles. The van der Waals surface area contributed by atoms with Crippen molar-refractivity contribution in [2.75, 3.05) is 11.5 Å². The van der Waals surface area contributed by atoms with Crippen molar-refractivity contribution < 1.29 is 14.3 Å². The van der Waals surface area contributed by atoms with Gasteiger partial charge in [0.25, 0.3) is 0 Å². The van der Waals surface area contributed by atoms with Gasteiger partial charge in [-0.1, -0.05) is 34.1 Å². The van der Waals surface area contributed by atoms with E-state index in [2.05, 4.69) is 22.0 Å². The van der Waals surface area contributed by atoms with Gasteiger partial charge < -0.3 is 4.74 Å². The van der Waals surface area contributed by atoms with Crippen molar-refractivity contribution in [3.63, 3.8) is 0 Å². The summed E-state index contributed by atoms with van der Waals surface area (Å²) in [7, 11) is 0. The van der Waals surface area contributed by atoms with Gasteiger partial charge in [0.15, 0.2) is 0 Å². The highest BCUT2D eigenvalue weighted by Crippen LogP contribution is 2.44. The first-order valence-corrected chi connectivity index (χ1v) is 10.1. The average molecular weight is 430 g/mol. The zero-order valence-electron chi connectivity index (χ0n) is 15.7. The van der Waals surface area contributed by atoms with Crippen LogP contribution in [0.1, 0.15) is 49.7 Å². The second-order valence-electron chi connectivity index (χ2n) is 6.82. The molecule has 2 aromatic carbocycles. The number of hydrogen-bond acceptors (Lipinski definition) is 3. The number of fused-ring (bicyclic) bond motifs is 1. The van der Waals surface area contributed by atoms with Crippen molar-refractivity contribution in [3.8, 4) is 0 Å². The van der Waals surface area contributed by atoms with Crippen LogP contribution in [0.25, 0.3) is 0 Å². The molecule has 1 unspecified atom stereocenters. The Morgan fingerprint density at radius 1 is 1.22 bits per heavy atom. The Kier molecular flexibility index (Phi) is 6.32. The van der Waals surface area contributed by atoms with E-state index in [1.165, 1.54) is 5.56 Å². The molecule has 142 valence electrons. The van der Waals surface area contributed by atoms with Crippen molar-refractivity contribution in [2.24, 2.45) is 0 Å². The maximum Gasteiger partial charge on any atom is 0.305 e. The number of carbonyl (C=O) groups is 2. The number of amides is 1. The van der Waals surface area contributed by atoms with Gasteiger partial charge in [-0.15, -0.1) is 0 Å². The van der Waals surface area contributed by atoms with Gasteiger partial charge in [-0.2, -0.15) is 0 Å². The molecule has 0 saturated carbocycles. The summed E-state index contributed by atoms with van der Waals surface area (Å²) in [4.78, 5) is 26.5. The molecule has 1 aliphatic rings. The SMILES string of the molecule is CCOC(=O)CCCC1CC(=O)N(c2ccc(Br)cc2)c2c(C)cccc21. The summed E-state index contributed by atoms with van der Waals surface area (Å²) < 4.78 is 5.99. The normalized spacial score (nSPS) is 16.2. The van der Waals surface area contributed by atoms with Crippen molar-refractivity contribution in [1.82, 2.24) is 0 Å². The van der Waals surface area contributed by atoms with Crippen molar-refractivity contribution in [3.05, 3.63) is 58.1 Å². The van der Waals surface area contributed by atoms with Crippen LogP contribution >= 0.6 is 15.9 Å². The van der Waals surface area contributed by atoms with Crippen molar-refractivity contribution >= 4 is 39.2 Å². The lowest BCUT2D eigenvalue weighted by molar-refractivity contribution is -0.143. The number of anilines is 2. The number of carbonyl (C=O) groups excluding carboxylic acids is 2. The molecule has 1 amide bonds. The van der Waals surface area contributed by atoms with Crippen LogP contribution in [-0.2, 0) is 14.3 Å². The molecule has 0 spiro atoms. The van der Waals surface area contributed by atoms with E-state index in [4.69, 9.17) is 4.74 Å². The summed E-state index contributed by atoms with van der Waals surface area (Å²) in [5.41, 5.74) is 4.13. The predicted octanol–water partition coefficient (Wildman–Crippen LogP) is 5.64. The third-order valence-electron chi connectivity index (χ3n) is 4.93. The zero-order valence-corrected chi connectivity index (χ0v) is 17.3. The van der Waals surface area contributed by atoms with Crippen LogP contribution in [-0.4, -0.2) is 18.5 Å². The number of rotatable bonds is 6. The second kappa shape index (κ2) is 8.70. The first-order chi connectivity index (χ1) is 13.0. The number of nitrogens with zero attached hydrogens (tertiary/aromatic N) is 1. The summed E-state index contributed by atoms with van der Waals surface area (Å²) in [5.74, 6) is 0.0642. The quantitative estimate of drug-likeness (QED) is 0.557. The summed E-state index contributed by atoms with van der Waals surface area (Å²) in [5, 5.41) is 0. The molecule has 0 N–H and O–H groups in total. The number of ether oxygens (including phenoxy) is 1. The van der Waals surface area contributed by atoms with Gasteiger partial charge >= 0.3 is 5.97 Å². The molecule has 0 bridgehead atoms. The summed E-state index contributed by atoms with van der Waals surface area (Å²) >= 11 is 3.45. The fourth-order valence-electron chi connectivity index (χ4n) is 3.70. The molecule has 5 heteroatoms. The molecule has 4 nitrogen and oxygen atoms in total. The minimum atomic E-state index is -0.166. The molecule has 27 heavy (non-hydrogen) atoms. The first-order valence-electron chi connectivity index (χ1n) is 9.35.